The molecule has 1 aromatic rings. The predicted octanol–water partition coefficient (Wildman–Crippen LogP) is 1.96. The van der Waals surface area contributed by atoms with Gasteiger partial charge >= 0.3 is 12.0 Å². The molecule has 0 bridgehead atoms. The highest BCUT2D eigenvalue weighted by Crippen LogP contribution is 2.14. The van der Waals surface area contributed by atoms with Crippen molar-refractivity contribution in [1.29, 1.82) is 5.26 Å². The lowest BCUT2D eigenvalue weighted by atomic mass is 10.1. The van der Waals surface area contributed by atoms with Crippen molar-refractivity contribution in [3.8, 4) is 6.07 Å². The van der Waals surface area contributed by atoms with Gasteiger partial charge in [0.05, 0.1) is 18.1 Å². The molecule has 0 radical (unpaired) electrons. The normalized spacial score (nSPS) is 11.2. The van der Waals surface area contributed by atoms with Crippen LogP contribution in [0.25, 0.3) is 0 Å². The molecule has 0 aliphatic carbocycles. The molecule has 0 aliphatic heterocycles. The van der Waals surface area contributed by atoms with Crippen LogP contribution in [-0.4, -0.2) is 30.2 Å². The molecule has 6 nitrogen and oxygen atoms in total. The number of nitrogens with zero attached hydrogens (tertiary/aromatic N) is 2. The van der Waals surface area contributed by atoms with Crippen LogP contribution in [0.5, 0.6) is 0 Å². The van der Waals surface area contributed by atoms with Crippen LogP contribution in [0.2, 0.25) is 0 Å². The van der Waals surface area contributed by atoms with Gasteiger partial charge < -0.3 is 10.4 Å². The fourth-order valence-electron chi connectivity index (χ4n) is 1.66. The molecule has 1 unspecified atom stereocenters. The van der Waals surface area contributed by atoms with Gasteiger partial charge in [0, 0.05) is 18.8 Å². The Morgan fingerprint density at radius 3 is 2.45 bits per heavy atom. The summed E-state index contributed by atoms with van der Waals surface area (Å²) in [6.45, 7) is 1.82. The molecular formula is C14H17N3O3. The summed E-state index contributed by atoms with van der Waals surface area (Å²) < 4.78 is 0. The summed E-state index contributed by atoms with van der Waals surface area (Å²) in [6, 6.07) is 7.79. The maximum absolute atomic E-state index is 12.0. The van der Waals surface area contributed by atoms with Gasteiger partial charge in [0.2, 0.25) is 0 Å². The van der Waals surface area contributed by atoms with E-state index in [2.05, 4.69) is 5.32 Å². The van der Waals surface area contributed by atoms with Crippen molar-refractivity contribution in [2.24, 2.45) is 0 Å². The molecule has 0 aromatic heterocycles. The number of rotatable bonds is 5. The molecule has 106 valence electrons. The van der Waals surface area contributed by atoms with Crippen LogP contribution in [0.1, 0.15) is 25.3 Å². The minimum Gasteiger partial charge on any atom is -0.481 e. The Labute approximate surface area is 117 Å². The van der Waals surface area contributed by atoms with Crippen molar-refractivity contribution in [3.63, 3.8) is 0 Å². The van der Waals surface area contributed by atoms with Crippen molar-refractivity contribution >= 4 is 17.7 Å². The molecule has 0 saturated carbocycles. The number of amides is 2. The summed E-state index contributed by atoms with van der Waals surface area (Å²) in [5.74, 6) is -0.946. The van der Waals surface area contributed by atoms with Gasteiger partial charge in [0.15, 0.2) is 0 Å². The zero-order valence-electron chi connectivity index (χ0n) is 11.5. The average Bonchev–Trinajstić information content (AvgIpc) is 2.45. The summed E-state index contributed by atoms with van der Waals surface area (Å²) >= 11 is 0. The van der Waals surface area contributed by atoms with Crippen LogP contribution in [0, 0.1) is 11.3 Å². The molecule has 1 aromatic carbocycles. The van der Waals surface area contributed by atoms with Crippen molar-refractivity contribution in [2.45, 2.75) is 25.8 Å². The van der Waals surface area contributed by atoms with Gasteiger partial charge in [-0.3, -0.25) is 9.69 Å². The summed E-state index contributed by atoms with van der Waals surface area (Å²) in [7, 11) is 1.59. The van der Waals surface area contributed by atoms with Gasteiger partial charge in [-0.15, -0.1) is 0 Å². The van der Waals surface area contributed by atoms with Crippen LogP contribution in [0.15, 0.2) is 24.3 Å². The molecule has 6 heteroatoms. The first-order valence-electron chi connectivity index (χ1n) is 6.24. The van der Waals surface area contributed by atoms with E-state index in [1.54, 1.807) is 31.3 Å². The van der Waals surface area contributed by atoms with E-state index in [0.717, 1.165) is 0 Å². The molecule has 2 N–H and O–H groups in total. The standard InChI is InChI=1S/C14H17N3O3/c1-3-11(8-13(18)19)16-14(20)17(2)12-6-4-10(9-15)5-7-12/h4-7,11H,3,8H2,1-2H3,(H,16,20)(H,18,19). The van der Waals surface area contributed by atoms with Gasteiger partial charge in [-0.25, -0.2) is 4.79 Å². The molecule has 0 spiro atoms. The Morgan fingerprint density at radius 2 is 2.00 bits per heavy atom. The number of carbonyl (C=O) groups excluding carboxylic acids is 1. The highest BCUT2D eigenvalue weighted by Gasteiger charge is 2.17. The number of carbonyl (C=O) groups is 2. The largest absolute Gasteiger partial charge is 0.481 e. The molecule has 0 aliphatic rings. The minimum atomic E-state index is -0.946. The molecule has 0 heterocycles. The zero-order chi connectivity index (χ0) is 15.1. The second kappa shape index (κ2) is 7.14. The minimum absolute atomic E-state index is 0.108. The van der Waals surface area contributed by atoms with Crippen molar-refractivity contribution < 1.29 is 14.7 Å². The molecule has 2 amide bonds. The van der Waals surface area contributed by atoms with E-state index in [4.69, 9.17) is 10.4 Å². The second-order valence-corrected chi connectivity index (χ2v) is 4.37. The fraction of sp³-hybridized carbons (Fsp3) is 0.357. The molecule has 20 heavy (non-hydrogen) atoms. The summed E-state index contributed by atoms with van der Waals surface area (Å²) in [5, 5.41) is 20.1. The number of aliphatic carboxylic acids is 1. The predicted molar refractivity (Wildman–Crippen MR) is 74.4 cm³/mol. The number of carboxylic acid groups (broad SMARTS) is 1. The smallest absolute Gasteiger partial charge is 0.321 e. The Hall–Kier alpha value is -2.55. The Balaban J connectivity index is 2.70. The maximum atomic E-state index is 12.0. The van der Waals surface area contributed by atoms with Gasteiger partial charge in [0.25, 0.3) is 0 Å². The molecule has 0 saturated heterocycles. The van der Waals surface area contributed by atoms with E-state index >= 15 is 0 Å². The topological polar surface area (TPSA) is 93.4 Å². The number of urea groups is 1. The number of nitrogens with one attached hydrogen (secondary N) is 1. The van der Waals surface area contributed by atoms with Crippen LogP contribution in [0.4, 0.5) is 10.5 Å². The molecule has 1 atom stereocenters. The number of hydrogen-bond donors (Lipinski definition) is 2. The second-order valence-electron chi connectivity index (χ2n) is 4.37. The maximum Gasteiger partial charge on any atom is 0.321 e. The molecular weight excluding hydrogens is 258 g/mol. The van der Waals surface area contributed by atoms with Crippen LogP contribution >= 0.6 is 0 Å². The lowest BCUT2D eigenvalue weighted by molar-refractivity contribution is -0.137. The van der Waals surface area contributed by atoms with Gasteiger partial charge in [-0.2, -0.15) is 5.26 Å². The molecule has 1 rings (SSSR count). The fourth-order valence-corrected chi connectivity index (χ4v) is 1.66. The Kier molecular flexibility index (Phi) is 5.54. The highest BCUT2D eigenvalue weighted by atomic mass is 16.4. The number of hydrogen-bond acceptors (Lipinski definition) is 3. The van der Waals surface area contributed by atoms with Crippen LogP contribution in [0.3, 0.4) is 0 Å². The highest BCUT2D eigenvalue weighted by molar-refractivity contribution is 5.91. The third kappa shape index (κ3) is 4.28. The quantitative estimate of drug-likeness (QED) is 0.858. The van der Waals surface area contributed by atoms with Crippen molar-refractivity contribution in [3.05, 3.63) is 29.8 Å². The van der Waals surface area contributed by atoms with E-state index < -0.39 is 12.0 Å². The summed E-state index contributed by atoms with van der Waals surface area (Å²) in [5.41, 5.74) is 1.14. The zero-order valence-corrected chi connectivity index (χ0v) is 11.5. The number of benzene rings is 1. The first-order chi connectivity index (χ1) is 9.47. The number of nitriles is 1. The van der Waals surface area contributed by atoms with Gasteiger partial charge in [0.1, 0.15) is 0 Å². The number of carboxylic acids is 1. The van der Waals surface area contributed by atoms with E-state index in [0.29, 0.717) is 17.7 Å². The van der Waals surface area contributed by atoms with Crippen LogP contribution < -0.4 is 10.2 Å². The monoisotopic (exact) mass is 275 g/mol. The third-order valence-electron chi connectivity index (χ3n) is 2.93. The average molecular weight is 275 g/mol. The third-order valence-corrected chi connectivity index (χ3v) is 2.93. The van der Waals surface area contributed by atoms with E-state index in [9.17, 15) is 9.59 Å². The molecule has 0 fully saturated rings. The Morgan fingerprint density at radius 1 is 1.40 bits per heavy atom. The van der Waals surface area contributed by atoms with Crippen molar-refractivity contribution in [2.75, 3.05) is 11.9 Å². The lowest BCUT2D eigenvalue weighted by Gasteiger charge is -2.22. The van der Waals surface area contributed by atoms with Crippen LogP contribution in [-0.2, 0) is 4.79 Å². The summed E-state index contributed by atoms with van der Waals surface area (Å²) in [4.78, 5) is 24.1. The SMILES string of the molecule is CCC(CC(=O)O)NC(=O)N(C)c1ccc(C#N)cc1. The Bertz CT molecular complexity index is 519. The van der Waals surface area contributed by atoms with Crippen molar-refractivity contribution in [1.82, 2.24) is 5.32 Å². The number of anilines is 1. The first kappa shape index (κ1) is 15.5. The first-order valence-corrected chi connectivity index (χ1v) is 6.24. The van der Waals surface area contributed by atoms with E-state index in [1.807, 2.05) is 13.0 Å². The lowest BCUT2D eigenvalue weighted by Crippen LogP contribution is -2.43. The van der Waals surface area contributed by atoms with E-state index in [1.165, 1.54) is 4.90 Å². The summed E-state index contributed by atoms with van der Waals surface area (Å²) in [6.07, 6.45) is 0.433. The van der Waals surface area contributed by atoms with Gasteiger partial charge in [-0.1, -0.05) is 6.92 Å². The van der Waals surface area contributed by atoms with E-state index in [-0.39, 0.29) is 12.5 Å². The van der Waals surface area contributed by atoms with Gasteiger partial charge in [-0.05, 0) is 30.7 Å².